The Labute approximate surface area is 97.3 Å². The predicted octanol–water partition coefficient (Wildman–Crippen LogP) is 3.03. The highest BCUT2D eigenvalue weighted by Crippen LogP contribution is 2.19. The van der Waals surface area contributed by atoms with Crippen LogP contribution in [0.2, 0.25) is 0 Å². The maximum Gasteiger partial charge on any atom is 0.129 e. The van der Waals surface area contributed by atoms with E-state index in [9.17, 15) is 4.39 Å². The molecule has 0 saturated carbocycles. The van der Waals surface area contributed by atoms with Crippen LogP contribution in [0.4, 0.5) is 10.1 Å². The summed E-state index contributed by atoms with van der Waals surface area (Å²) < 4.78 is 13.6. The third-order valence-corrected chi connectivity index (χ3v) is 3.02. The van der Waals surface area contributed by atoms with E-state index in [4.69, 9.17) is 5.73 Å². The summed E-state index contributed by atoms with van der Waals surface area (Å²) in [7, 11) is 2.01. The number of nitrogens with zero attached hydrogens (tertiary/aromatic N) is 1. The van der Waals surface area contributed by atoms with Crippen molar-refractivity contribution in [1.82, 2.24) is 4.90 Å². The van der Waals surface area contributed by atoms with Crippen LogP contribution in [0.15, 0.2) is 18.2 Å². The minimum atomic E-state index is -0.212. The summed E-state index contributed by atoms with van der Waals surface area (Å²) in [6, 6.07) is 5.30. The Kier molecular flexibility index (Phi) is 4.74. The molecule has 1 atom stereocenters. The lowest BCUT2D eigenvalue weighted by Gasteiger charge is -2.25. The maximum atomic E-state index is 13.6. The summed E-state index contributed by atoms with van der Waals surface area (Å²) in [5.41, 5.74) is 6.92. The second-order valence-electron chi connectivity index (χ2n) is 4.36. The zero-order chi connectivity index (χ0) is 12.1. The molecule has 0 aliphatic heterocycles. The van der Waals surface area contributed by atoms with Crippen molar-refractivity contribution in [2.75, 3.05) is 12.8 Å². The van der Waals surface area contributed by atoms with Gasteiger partial charge in [0.25, 0.3) is 0 Å². The van der Waals surface area contributed by atoms with E-state index in [2.05, 4.69) is 18.7 Å². The van der Waals surface area contributed by atoms with Gasteiger partial charge < -0.3 is 5.73 Å². The van der Waals surface area contributed by atoms with Crippen molar-refractivity contribution in [1.29, 1.82) is 0 Å². The van der Waals surface area contributed by atoms with E-state index in [1.54, 1.807) is 12.1 Å². The molecule has 1 rings (SSSR count). The predicted molar refractivity (Wildman–Crippen MR) is 66.6 cm³/mol. The van der Waals surface area contributed by atoms with Crippen molar-refractivity contribution in [2.24, 2.45) is 0 Å². The Morgan fingerprint density at radius 3 is 2.69 bits per heavy atom. The Balaban J connectivity index is 2.72. The smallest absolute Gasteiger partial charge is 0.129 e. The van der Waals surface area contributed by atoms with Crippen LogP contribution in [0.1, 0.15) is 32.3 Å². The molecule has 0 heterocycles. The van der Waals surface area contributed by atoms with Gasteiger partial charge in [0.15, 0.2) is 0 Å². The molecule has 0 fully saturated rings. The van der Waals surface area contributed by atoms with Gasteiger partial charge in [-0.3, -0.25) is 4.90 Å². The van der Waals surface area contributed by atoms with Gasteiger partial charge in [0.05, 0.1) is 0 Å². The summed E-state index contributed by atoms with van der Waals surface area (Å²) >= 11 is 0. The SMILES string of the molecule is CCCC(C)N(C)Cc1c(N)cccc1F. The Hall–Kier alpha value is -1.09. The molecule has 0 aromatic heterocycles. The minimum absolute atomic E-state index is 0.212. The molecule has 0 spiro atoms. The second-order valence-corrected chi connectivity index (χ2v) is 4.36. The van der Waals surface area contributed by atoms with Crippen molar-refractivity contribution in [2.45, 2.75) is 39.3 Å². The molecular weight excluding hydrogens is 203 g/mol. The van der Waals surface area contributed by atoms with Gasteiger partial charge >= 0.3 is 0 Å². The number of anilines is 1. The highest BCUT2D eigenvalue weighted by molar-refractivity contribution is 5.47. The second kappa shape index (κ2) is 5.85. The number of nitrogen functional groups attached to an aromatic ring is 1. The number of rotatable bonds is 5. The van der Waals surface area contributed by atoms with E-state index in [0.717, 1.165) is 12.8 Å². The Morgan fingerprint density at radius 1 is 1.44 bits per heavy atom. The fourth-order valence-electron chi connectivity index (χ4n) is 1.79. The van der Waals surface area contributed by atoms with Crippen molar-refractivity contribution in [3.63, 3.8) is 0 Å². The van der Waals surface area contributed by atoms with Crippen LogP contribution in [0, 0.1) is 5.82 Å². The molecule has 0 amide bonds. The van der Waals surface area contributed by atoms with Crippen molar-refractivity contribution < 1.29 is 4.39 Å². The summed E-state index contributed by atoms with van der Waals surface area (Å²) in [6.07, 6.45) is 2.25. The standard InChI is InChI=1S/C13H21FN2/c1-4-6-10(2)16(3)9-11-12(14)7-5-8-13(11)15/h5,7-8,10H,4,6,9,15H2,1-3H3. The first-order valence-corrected chi connectivity index (χ1v) is 5.79. The fourth-order valence-corrected chi connectivity index (χ4v) is 1.79. The largest absolute Gasteiger partial charge is 0.398 e. The average molecular weight is 224 g/mol. The minimum Gasteiger partial charge on any atom is -0.398 e. The van der Waals surface area contributed by atoms with Crippen LogP contribution in [0.5, 0.6) is 0 Å². The van der Waals surface area contributed by atoms with Gasteiger partial charge in [-0.1, -0.05) is 19.4 Å². The van der Waals surface area contributed by atoms with Crippen LogP contribution in [-0.2, 0) is 6.54 Å². The molecule has 1 aromatic rings. The molecule has 3 heteroatoms. The van der Waals surface area contributed by atoms with Crippen LogP contribution < -0.4 is 5.73 Å². The normalized spacial score (nSPS) is 13.1. The summed E-state index contributed by atoms with van der Waals surface area (Å²) in [6.45, 7) is 4.88. The highest BCUT2D eigenvalue weighted by atomic mass is 19.1. The molecule has 0 saturated heterocycles. The first-order valence-electron chi connectivity index (χ1n) is 5.79. The first kappa shape index (κ1) is 13.0. The van der Waals surface area contributed by atoms with Crippen LogP contribution >= 0.6 is 0 Å². The van der Waals surface area contributed by atoms with Gasteiger partial charge in [-0.2, -0.15) is 0 Å². The number of nitrogens with two attached hydrogens (primary N) is 1. The van der Waals surface area contributed by atoms with Gasteiger partial charge in [0.2, 0.25) is 0 Å². The number of hydrogen-bond donors (Lipinski definition) is 1. The molecular formula is C13H21FN2. The van der Waals surface area contributed by atoms with Crippen LogP contribution in [0.3, 0.4) is 0 Å². The summed E-state index contributed by atoms with van der Waals surface area (Å²) in [5.74, 6) is -0.212. The van der Waals surface area contributed by atoms with E-state index in [1.165, 1.54) is 6.07 Å². The van der Waals surface area contributed by atoms with Gasteiger partial charge in [0, 0.05) is 23.8 Å². The van der Waals surface area contributed by atoms with Crippen LogP contribution in [0.25, 0.3) is 0 Å². The van der Waals surface area contributed by atoms with E-state index < -0.39 is 0 Å². The highest BCUT2D eigenvalue weighted by Gasteiger charge is 2.13. The van der Waals surface area contributed by atoms with E-state index >= 15 is 0 Å². The molecule has 0 aliphatic carbocycles. The Bertz CT molecular complexity index is 318. The summed E-state index contributed by atoms with van der Waals surface area (Å²) in [5, 5.41) is 0. The molecule has 2 nitrogen and oxygen atoms in total. The lowest BCUT2D eigenvalue weighted by atomic mass is 10.1. The first-order chi connectivity index (χ1) is 7.56. The van der Waals surface area contributed by atoms with Gasteiger partial charge in [-0.15, -0.1) is 0 Å². The average Bonchev–Trinajstić information content (AvgIpc) is 2.23. The molecule has 2 N–H and O–H groups in total. The maximum absolute atomic E-state index is 13.6. The lowest BCUT2D eigenvalue weighted by molar-refractivity contribution is 0.234. The monoisotopic (exact) mass is 224 g/mol. The van der Waals surface area contributed by atoms with Crippen molar-refractivity contribution >= 4 is 5.69 Å². The zero-order valence-corrected chi connectivity index (χ0v) is 10.3. The molecule has 16 heavy (non-hydrogen) atoms. The Morgan fingerprint density at radius 2 is 2.12 bits per heavy atom. The molecule has 1 unspecified atom stereocenters. The van der Waals surface area contributed by atoms with Crippen LogP contribution in [-0.4, -0.2) is 18.0 Å². The fraction of sp³-hybridized carbons (Fsp3) is 0.538. The number of benzene rings is 1. The number of halogens is 1. The van der Waals surface area contributed by atoms with Gasteiger partial charge in [-0.25, -0.2) is 4.39 Å². The van der Waals surface area contributed by atoms with E-state index in [1.807, 2.05) is 7.05 Å². The number of hydrogen-bond acceptors (Lipinski definition) is 2. The molecule has 0 radical (unpaired) electrons. The van der Waals surface area contributed by atoms with E-state index in [0.29, 0.717) is 23.8 Å². The van der Waals surface area contributed by atoms with E-state index in [-0.39, 0.29) is 5.82 Å². The third kappa shape index (κ3) is 3.20. The van der Waals surface area contributed by atoms with Gasteiger partial charge in [-0.05, 0) is 32.5 Å². The summed E-state index contributed by atoms with van der Waals surface area (Å²) in [4.78, 5) is 2.14. The quantitative estimate of drug-likeness (QED) is 0.779. The van der Waals surface area contributed by atoms with Gasteiger partial charge in [0.1, 0.15) is 5.82 Å². The molecule has 90 valence electrons. The molecule has 1 aromatic carbocycles. The molecule has 0 bridgehead atoms. The zero-order valence-electron chi connectivity index (χ0n) is 10.3. The lowest BCUT2D eigenvalue weighted by Crippen LogP contribution is -2.29. The third-order valence-electron chi connectivity index (χ3n) is 3.02. The molecule has 0 aliphatic rings. The topological polar surface area (TPSA) is 29.3 Å². The van der Waals surface area contributed by atoms with Crippen molar-refractivity contribution in [3.8, 4) is 0 Å². The van der Waals surface area contributed by atoms with Crippen molar-refractivity contribution in [3.05, 3.63) is 29.6 Å².